The van der Waals surface area contributed by atoms with Gasteiger partial charge >= 0.3 is 0 Å². The van der Waals surface area contributed by atoms with Gasteiger partial charge in [-0.1, -0.05) is 0 Å². The number of carbonyl (C=O) groups excluding carboxylic acids is 1. The summed E-state index contributed by atoms with van der Waals surface area (Å²) in [6.07, 6.45) is 4.06. The molecule has 0 aliphatic carbocycles. The van der Waals surface area contributed by atoms with E-state index in [1.54, 1.807) is 20.0 Å². The van der Waals surface area contributed by atoms with Crippen molar-refractivity contribution >= 4 is 29.0 Å². The number of methoxy groups -OCH3 is 1. The van der Waals surface area contributed by atoms with Gasteiger partial charge in [-0.3, -0.25) is 9.48 Å². The van der Waals surface area contributed by atoms with Crippen LogP contribution in [-0.4, -0.2) is 54.9 Å². The van der Waals surface area contributed by atoms with E-state index >= 15 is 0 Å². The van der Waals surface area contributed by atoms with Crippen LogP contribution in [0.15, 0.2) is 36.9 Å². The first kappa shape index (κ1) is 18.8. The number of rotatable bonds is 7. The van der Waals surface area contributed by atoms with E-state index < -0.39 is 18.7 Å². The smallest absolute Gasteiger partial charge is 0.273 e. The normalized spacial score (nSPS) is 12.3. The van der Waals surface area contributed by atoms with E-state index in [4.69, 9.17) is 8.85 Å². The molecule has 1 amide bonds. The number of carbonyl (C=O) groups is 1. The lowest BCUT2D eigenvalue weighted by atomic mass is 10.2. The molecule has 0 atom stereocenters. The molecule has 0 saturated heterocycles. The number of hydrogen-bond donors (Lipinski definition) is 3. The molecule has 0 aliphatic rings. The number of halogens is 1. The van der Waals surface area contributed by atoms with Crippen LogP contribution in [0.4, 0.5) is 27.5 Å². The minimum atomic E-state index is -2.76. The van der Waals surface area contributed by atoms with Crippen LogP contribution in [0, 0.1) is 12.7 Å². The molecule has 4 rings (SSSR count). The number of aromatic nitrogens is 7. The third-order valence-electron chi connectivity index (χ3n) is 4.63. The Morgan fingerprint density at radius 3 is 2.74 bits per heavy atom. The summed E-state index contributed by atoms with van der Waals surface area (Å²) in [6, 6.07) is 4.52. The monoisotopic (exact) mass is 467 g/mol. The molecule has 13 heteroatoms. The predicted octanol–water partition coefficient (Wildman–Crippen LogP) is 2.37. The molecule has 4 aromatic rings. The second kappa shape index (κ2) is 9.44. The summed E-state index contributed by atoms with van der Waals surface area (Å²) in [7, 11) is 3.14. The van der Waals surface area contributed by atoms with Crippen molar-refractivity contribution < 1.29 is 18.0 Å². The average molecular weight is 467 g/mol. The number of nitrogens with zero attached hydrogens (tertiary/aromatic N) is 7. The molecule has 0 aromatic carbocycles. The van der Waals surface area contributed by atoms with Gasteiger partial charge in [0.1, 0.15) is 18.0 Å². The number of anilines is 4. The van der Waals surface area contributed by atoms with Gasteiger partial charge in [0, 0.05) is 30.4 Å². The second-order valence-electron chi connectivity index (χ2n) is 7.00. The highest BCUT2D eigenvalue weighted by Crippen LogP contribution is 2.35. The highest BCUT2D eigenvalue weighted by Gasteiger charge is 2.20. The van der Waals surface area contributed by atoms with Gasteiger partial charge in [0.05, 0.1) is 24.6 Å². The largest absolute Gasteiger partial charge is 0.492 e. The van der Waals surface area contributed by atoms with Gasteiger partial charge in [0.2, 0.25) is 0 Å². The molecular weight excluding hydrogens is 443 g/mol. The highest BCUT2D eigenvalue weighted by molar-refractivity contribution is 5.98. The molecule has 0 saturated carbocycles. The van der Waals surface area contributed by atoms with E-state index in [0.29, 0.717) is 17.0 Å². The lowest BCUT2D eigenvalue weighted by molar-refractivity contribution is 0.0958. The molecular formula is C21H21FN10O2. The fourth-order valence-corrected chi connectivity index (χ4v) is 3.02. The van der Waals surface area contributed by atoms with Gasteiger partial charge in [-0.15, -0.1) is 10.2 Å². The third-order valence-corrected chi connectivity index (χ3v) is 4.63. The number of amides is 1. The Morgan fingerprint density at radius 1 is 1.18 bits per heavy atom. The summed E-state index contributed by atoms with van der Waals surface area (Å²) in [4.78, 5) is 25.2. The van der Waals surface area contributed by atoms with E-state index in [9.17, 15) is 9.18 Å². The van der Waals surface area contributed by atoms with E-state index in [1.807, 2.05) is 5.32 Å². The standard InChI is InChI=1S/C21H21FN10O2/c1-11-7-15(25-9-13(11)22)28-16-8-14(17(30-29-16)21(33)23-2)27-20-18(34-4)12(5-6-24-20)19-26-10-32(3)31-19/h5-10H,1-4H3,(H,23,33)(H2,24,25,27,28,29)/i2D3. The van der Waals surface area contributed by atoms with Crippen LogP contribution in [0.25, 0.3) is 11.4 Å². The minimum absolute atomic E-state index is 0.0509. The Balaban J connectivity index is 1.75. The molecule has 34 heavy (non-hydrogen) atoms. The Hall–Kier alpha value is -4.68. The van der Waals surface area contributed by atoms with Gasteiger partial charge in [-0.25, -0.2) is 19.3 Å². The first-order chi connectivity index (χ1) is 17.5. The zero-order chi connectivity index (χ0) is 26.7. The molecule has 0 bridgehead atoms. The Labute approximate surface area is 197 Å². The highest BCUT2D eigenvalue weighted by atomic mass is 19.1. The SMILES string of the molecule is [2H]C([2H])([2H])NC(=O)c1nnc(Nc2cc(C)c(F)cn2)cc1Nc1nccc(-c2ncn(C)n2)c1OC. The fraction of sp³-hybridized carbons (Fsp3) is 0.190. The van der Waals surface area contributed by atoms with Crippen molar-refractivity contribution in [2.75, 3.05) is 24.7 Å². The second-order valence-corrected chi connectivity index (χ2v) is 7.00. The van der Waals surface area contributed by atoms with Gasteiger partial charge < -0.3 is 20.7 Å². The van der Waals surface area contributed by atoms with Crippen molar-refractivity contribution in [2.45, 2.75) is 6.92 Å². The minimum Gasteiger partial charge on any atom is -0.492 e. The zero-order valence-electron chi connectivity index (χ0n) is 21.3. The summed E-state index contributed by atoms with van der Waals surface area (Å²) in [5.74, 6) is -0.262. The van der Waals surface area contributed by atoms with Gasteiger partial charge in [-0.05, 0) is 24.6 Å². The molecule has 0 radical (unpaired) electrons. The fourth-order valence-electron chi connectivity index (χ4n) is 3.02. The molecule has 4 heterocycles. The Bertz CT molecular complexity index is 1460. The van der Waals surface area contributed by atoms with Crippen LogP contribution in [0.1, 0.15) is 20.2 Å². The molecule has 12 nitrogen and oxygen atoms in total. The van der Waals surface area contributed by atoms with E-state index in [-0.39, 0.29) is 34.6 Å². The van der Waals surface area contributed by atoms with Crippen molar-refractivity contribution in [1.29, 1.82) is 0 Å². The number of hydrogen-bond acceptors (Lipinski definition) is 10. The maximum atomic E-state index is 13.6. The molecule has 4 aromatic heterocycles. The molecule has 0 spiro atoms. The van der Waals surface area contributed by atoms with Crippen LogP contribution in [0.2, 0.25) is 0 Å². The van der Waals surface area contributed by atoms with E-state index in [2.05, 4.69) is 40.9 Å². The quantitative estimate of drug-likeness (QED) is 0.370. The van der Waals surface area contributed by atoms with Crippen LogP contribution < -0.4 is 20.7 Å². The lowest BCUT2D eigenvalue weighted by Crippen LogP contribution is -2.21. The first-order valence-corrected chi connectivity index (χ1v) is 9.79. The van der Waals surface area contributed by atoms with Crippen molar-refractivity contribution in [1.82, 2.24) is 40.2 Å². The predicted molar refractivity (Wildman–Crippen MR) is 122 cm³/mol. The number of pyridine rings is 2. The summed E-state index contributed by atoms with van der Waals surface area (Å²) in [6.45, 7) is -1.19. The van der Waals surface area contributed by atoms with E-state index in [1.165, 1.54) is 36.4 Å². The molecule has 0 unspecified atom stereocenters. The van der Waals surface area contributed by atoms with Crippen LogP contribution in [0.5, 0.6) is 5.75 Å². The summed E-state index contributed by atoms with van der Waals surface area (Å²) >= 11 is 0. The van der Waals surface area contributed by atoms with Crippen LogP contribution in [-0.2, 0) is 7.05 Å². The van der Waals surface area contributed by atoms with Gasteiger partial charge in [-0.2, -0.15) is 5.10 Å². The molecule has 3 N–H and O–H groups in total. The van der Waals surface area contributed by atoms with Crippen LogP contribution in [0.3, 0.4) is 0 Å². The summed E-state index contributed by atoms with van der Waals surface area (Å²) in [5.41, 5.74) is 0.594. The van der Waals surface area contributed by atoms with Crippen LogP contribution >= 0.6 is 0 Å². The molecule has 174 valence electrons. The number of nitrogens with one attached hydrogen (secondary N) is 3. The maximum absolute atomic E-state index is 13.6. The first-order valence-electron chi connectivity index (χ1n) is 11.3. The topological polar surface area (TPSA) is 145 Å². The maximum Gasteiger partial charge on any atom is 0.273 e. The van der Waals surface area contributed by atoms with Crippen molar-refractivity contribution in [3.05, 3.63) is 54.0 Å². The van der Waals surface area contributed by atoms with E-state index in [0.717, 1.165) is 6.20 Å². The third kappa shape index (κ3) is 4.57. The summed E-state index contributed by atoms with van der Waals surface area (Å²) < 4.78 is 42.7. The number of aryl methyl sites for hydroxylation is 2. The lowest BCUT2D eigenvalue weighted by Gasteiger charge is -2.15. The summed E-state index contributed by atoms with van der Waals surface area (Å²) in [5, 5.41) is 19.8. The molecule has 0 aliphatic heterocycles. The Morgan fingerprint density at radius 2 is 2.03 bits per heavy atom. The van der Waals surface area contributed by atoms with Crippen molar-refractivity contribution in [2.24, 2.45) is 7.05 Å². The van der Waals surface area contributed by atoms with Crippen molar-refractivity contribution in [3.63, 3.8) is 0 Å². The average Bonchev–Trinajstić information content (AvgIpc) is 3.26. The molecule has 0 fully saturated rings. The zero-order valence-corrected chi connectivity index (χ0v) is 18.3. The van der Waals surface area contributed by atoms with Crippen molar-refractivity contribution in [3.8, 4) is 17.1 Å². The van der Waals surface area contributed by atoms with Gasteiger partial charge in [0.25, 0.3) is 5.91 Å². The number of ether oxygens (including phenoxy) is 1. The van der Waals surface area contributed by atoms with Gasteiger partial charge in [0.15, 0.2) is 28.9 Å². The Kier molecular flexibility index (Phi) is 5.23.